The number of carbonyl (C=O) groups excluding carboxylic acids is 2. The van der Waals surface area contributed by atoms with E-state index in [1.165, 1.54) is 6.33 Å². The second-order valence-corrected chi connectivity index (χ2v) is 6.13. The Morgan fingerprint density at radius 2 is 1.72 bits per heavy atom. The SMILES string of the molecule is O=C(Cc1ccc(NC(=O)c2ccc(Br)cc2)cc1)Nc1ncn[nH]1. The Kier molecular flexibility index (Phi) is 5.20. The zero-order valence-electron chi connectivity index (χ0n) is 13.0. The molecule has 25 heavy (non-hydrogen) atoms. The topological polar surface area (TPSA) is 99.8 Å². The monoisotopic (exact) mass is 399 g/mol. The van der Waals surface area contributed by atoms with Gasteiger partial charge in [-0.1, -0.05) is 28.1 Å². The third-order valence-corrected chi connectivity index (χ3v) is 3.88. The highest BCUT2D eigenvalue weighted by molar-refractivity contribution is 9.10. The van der Waals surface area contributed by atoms with Crippen molar-refractivity contribution in [3.8, 4) is 0 Å². The first-order valence-corrected chi connectivity index (χ1v) is 8.20. The van der Waals surface area contributed by atoms with Crippen molar-refractivity contribution in [2.45, 2.75) is 6.42 Å². The summed E-state index contributed by atoms with van der Waals surface area (Å²) >= 11 is 3.33. The smallest absolute Gasteiger partial charge is 0.255 e. The maximum Gasteiger partial charge on any atom is 0.255 e. The summed E-state index contributed by atoms with van der Waals surface area (Å²) in [6.45, 7) is 0. The number of amides is 2. The van der Waals surface area contributed by atoms with Gasteiger partial charge < -0.3 is 5.32 Å². The number of aromatic nitrogens is 3. The minimum absolute atomic E-state index is 0.191. The highest BCUT2D eigenvalue weighted by Gasteiger charge is 2.08. The molecule has 3 N–H and O–H groups in total. The van der Waals surface area contributed by atoms with Gasteiger partial charge in [0.15, 0.2) is 0 Å². The van der Waals surface area contributed by atoms with E-state index in [0.29, 0.717) is 17.2 Å². The lowest BCUT2D eigenvalue weighted by Gasteiger charge is -2.07. The summed E-state index contributed by atoms with van der Waals surface area (Å²) < 4.78 is 0.914. The van der Waals surface area contributed by atoms with Crippen LogP contribution >= 0.6 is 15.9 Å². The minimum Gasteiger partial charge on any atom is -0.322 e. The summed E-state index contributed by atoms with van der Waals surface area (Å²) in [5, 5.41) is 11.6. The molecule has 0 aliphatic carbocycles. The Hall–Kier alpha value is -3.00. The van der Waals surface area contributed by atoms with Crippen molar-refractivity contribution >= 4 is 39.4 Å². The summed E-state index contributed by atoms with van der Waals surface area (Å²) in [4.78, 5) is 27.9. The van der Waals surface area contributed by atoms with Gasteiger partial charge in [-0.25, -0.2) is 5.10 Å². The van der Waals surface area contributed by atoms with Crippen LogP contribution in [0.3, 0.4) is 0 Å². The molecule has 0 unspecified atom stereocenters. The Labute approximate surface area is 152 Å². The van der Waals surface area contributed by atoms with E-state index >= 15 is 0 Å². The van der Waals surface area contributed by atoms with Gasteiger partial charge in [0.05, 0.1) is 6.42 Å². The number of nitrogens with one attached hydrogen (secondary N) is 3. The van der Waals surface area contributed by atoms with Gasteiger partial charge in [0.1, 0.15) is 6.33 Å². The zero-order valence-corrected chi connectivity index (χ0v) is 14.6. The Bertz CT molecular complexity index is 861. The van der Waals surface area contributed by atoms with Gasteiger partial charge in [-0.15, -0.1) is 0 Å². The lowest BCUT2D eigenvalue weighted by Crippen LogP contribution is -2.15. The quantitative estimate of drug-likeness (QED) is 0.613. The van der Waals surface area contributed by atoms with E-state index in [0.717, 1.165) is 10.0 Å². The van der Waals surface area contributed by atoms with Crippen molar-refractivity contribution in [1.82, 2.24) is 15.2 Å². The molecule has 3 aromatic rings. The molecule has 3 rings (SSSR count). The lowest BCUT2D eigenvalue weighted by atomic mass is 10.1. The third-order valence-electron chi connectivity index (χ3n) is 3.36. The van der Waals surface area contributed by atoms with E-state index in [-0.39, 0.29) is 18.2 Å². The molecule has 0 aliphatic rings. The fourth-order valence-corrected chi connectivity index (χ4v) is 2.40. The Morgan fingerprint density at radius 3 is 2.36 bits per heavy atom. The molecule has 0 bridgehead atoms. The maximum absolute atomic E-state index is 12.2. The average Bonchev–Trinajstić information content (AvgIpc) is 3.10. The van der Waals surface area contributed by atoms with E-state index < -0.39 is 0 Å². The molecule has 0 fully saturated rings. The van der Waals surface area contributed by atoms with E-state index in [4.69, 9.17) is 0 Å². The molecule has 2 aromatic carbocycles. The molecule has 2 amide bonds. The molecule has 0 aliphatic heterocycles. The van der Waals surface area contributed by atoms with Crippen molar-refractivity contribution in [1.29, 1.82) is 0 Å². The molecular formula is C17H14BrN5O2. The maximum atomic E-state index is 12.2. The molecule has 0 saturated carbocycles. The van der Waals surface area contributed by atoms with Crippen molar-refractivity contribution < 1.29 is 9.59 Å². The molecule has 0 radical (unpaired) electrons. The number of hydrogen-bond donors (Lipinski definition) is 3. The summed E-state index contributed by atoms with van der Waals surface area (Å²) in [5.41, 5.74) is 2.05. The van der Waals surface area contributed by atoms with Crippen LogP contribution in [0.25, 0.3) is 0 Å². The molecule has 8 heteroatoms. The van der Waals surface area contributed by atoms with Crippen LogP contribution < -0.4 is 10.6 Å². The van der Waals surface area contributed by atoms with Crippen molar-refractivity contribution in [3.05, 3.63) is 70.5 Å². The largest absolute Gasteiger partial charge is 0.322 e. The highest BCUT2D eigenvalue weighted by atomic mass is 79.9. The van der Waals surface area contributed by atoms with Gasteiger partial charge in [0.2, 0.25) is 11.9 Å². The van der Waals surface area contributed by atoms with Gasteiger partial charge in [-0.2, -0.15) is 10.1 Å². The van der Waals surface area contributed by atoms with Crippen LogP contribution in [0.1, 0.15) is 15.9 Å². The van der Waals surface area contributed by atoms with Crippen LogP contribution in [0.15, 0.2) is 59.3 Å². The van der Waals surface area contributed by atoms with Crippen molar-refractivity contribution in [3.63, 3.8) is 0 Å². The lowest BCUT2D eigenvalue weighted by molar-refractivity contribution is -0.115. The van der Waals surface area contributed by atoms with Crippen LogP contribution in [0.2, 0.25) is 0 Å². The van der Waals surface area contributed by atoms with Crippen LogP contribution in [0.4, 0.5) is 11.6 Å². The van der Waals surface area contributed by atoms with Crippen LogP contribution in [-0.4, -0.2) is 27.0 Å². The number of H-pyrrole nitrogens is 1. The molecule has 1 heterocycles. The number of hydrogen-bond acceptors (Lipinski definition) is 4. The molecule has 126 valence electrons. The molecule has 0 spiro atoms. The number of benzene rings is 2. The molecular weight excluding hydrogens is 386 g/mol. The molecule has 7 nitrogen and oxygen atoms in total. The van der Waals surface area contributed by atoms with E-state index in [2.05, 4.69) is 41.7 Å². The normalized spacial score (nSPS) is 10.3. The first kappa shape index (κ1) is 16.8. The predicted octanol–water partition coefficient (Wildman–Crippen LogP) is 3.00. The second-order valence-electron chi connectivity index (χ2n) is 5.22. The summed E-state index contributed by atoms with van der Waals surface area (Å²) in [6, 6.07) is 14.2. The van der Waals surface area contributed by atoms with Gasteiger partial charge in [-0.05, 0) is 42.0 Å². The molecule has 0 saturated heterocycles. The first-order valence-electron chi connectivity index (χ1n) is 7.41. The zero-order chi connectivity index (χ0) is 17.6. The standard InChI is InChI=1S/C17H14BrN5O2/c18-13-5-3-12(4-6-13)16(25)21-14-7-1-11(2-8-14)9-15(24)22-17-19-10-20-23-17/h1-8,10H,9H2,(H,21,25)(H2,19,20,22,23,24). The van der Waals surface area contributed by atoms with E-state index in [1.54, 1.807) is 36.4 Å². The van der Waals surface area contributed by atoms with Gasteiger partial charge in [-0.3, -0.25) is 14.9 Å². The van der Waals surface area contributed by atoms with Crippen LogP contribution in [0.5, 0.6) is 0 Å². The number of anilines is 2. The molecule has 0 atom stereocenters. The third kappa shape index (κ3) is 4.74. The first-order chi connectivity index (χ1) is 12.1. The Balaban J connectivity index is 1.57. The number of aromatic amines is 1. The summed E-state index contributed by atoms with van der Waals surface area (Å²) in [6.07, 6.45) is 1.51. The van der Waals surface area contributed by atoms with Gasteiger partial charge in [0, 0.05) is 15.7 Å². The number of rotatable bonds is 5. The average molecular weight is 400 g/mol. The van der Waals surface area contributed by atoms with Gasteiger partial charge in [0.25, 0.3) is 5.91 Å². The number of halogens is 1. The summed E-state index contributed by atoms with van der Waals surface area (Å²) in [7, 11) is 0. The van der Waals surface area contributed by atoms with Crippen LogP contribution in [0, 0.1) is 0 Å². The fourth-order valence-electron chi connectivity index (χ4n) is 2.14. The number of carbonyl (C=O) groups is 2. The minimum atomic E-state index is -0.205. The summed E-state index contributed by atoms with van der Waals surface area (Å²) in [5.74, 6) is -0.0879. The van der Waals surface area contributed by atoms with E-state index in [1.807, 2.05) is 12.1 Å². The van der Waals surface area contributed by atoms with Crippen molar-refractivity contribution in [2.75, 3.05) is 10.6 Å². The van der Waals surface area contributed by atoms with Crippen molar-refractivity contribution in [2.24, 2.45) is 0 Å². The van der Waals surface area contributed by atoms with E-state index in [9.17, 15) is 9.59 Å². The highest BCUT2D eigenvalue weighted by Crippen LogP contribution is 2.14. The number of nitrogens with zero attached hydrogens (tertiary/aromatic N) is 2. The Morgan fingerprint density at radius 1 is 1.00 bits per heavy atom. The molecule has 1 aromatic heterocycles. The van der Waals surface area contributed by atoms with Gasteiger partial charge >= 0.3 is 0 Å². The fraction of sp³-hybridized carbons (Fsp3) is 0.0588. The second kappa shape index (κ2) is 7.71. The predicted molar refractivity (Wildman–Crippen MR) is 97.3 cm³/mol. The van der Waals surface area contributed by atoms with Crippen LogP contribution in [-0.2, 0) is 11.2 Å².